The number of aryl methyl sites for hydroxylation is 2. The van der Waals surface area contributed by atoms with E-state index in [-0.39, 0.29) is 24.2 Å². The quantitative estimate of drug-likeness (QED) is 0.782. The number of anilines is 1. The molecule has 2 aromatic rings. The highest BCUT2D eigenvalue weighted by Gasteiger charge is 2.36. The lowest BCUT2D eigenvalue weighted by molar-refractivity contribution is -0.128. The zero-order chi connectivity index (χ0) is 21.2. The molecule has 7 heteroatoms. The number of benzene rings is 2. The maximum atomic E-state index is 13.0. The molecule has 1 aliphatic heterocycles. The lowest BCUT2D eigenvalue weighted by atomic mass is 9.99. The maximum Gasteiger partial charge on any atom is 0.263 e. The number of hydrogen-bond acceptors (Lipinski definition) is 4. The van der Waals surface area contributed by atoms with E-state index in [0.717, 1.165) is 5.56 Å². The van der Waals surface area contributed by atoms with Crippen LogP contribution in [0.2, 0.25) is 0 Å². The number of carbonyl (C=O) groups excluding carboxylic acids is 1. The lowest BCUT2D eigenvalue weighted by Gasteiger charge is -2.35. The van der Waals surface area contributed by atoms with Gasteiger partial charge in [-0.3, -0.25) is 9.10 Å². The molecule has 0 spiro atoms. The van der Waals surface area contributed by atoms with Gasteiger partial charge in [0.1, 0.15) is 5.75 Å². The van der Waals surface area contributed by atoms with E-state index in [0.29, 0.717) is 17.9 Å². The number of rotatable bonds is 6. The van der Waals surface area contributed by atoms with E-state index in [1.54, 1.807) is 31.2 Å². The SMILES string of the molecule is CC[C@H](NC(=O)[C@H]1CN(S(=O)(=O)CC)c2ccccc2O1)c1ccc(C)c(C)c1. The standard InChI is InChI=1S/C22H28N2O4S/c1-5-18(17-12-11-15(3)16(4)13-17)23-22(25)21-14-24(29(26,27)6-2)19-9-7-8-10-20(19)28-21/h7-13,18,21H,5-6,14H2,1-4H3,(H,23,25)/t18-,21+/m0/s1. The van der Waals surface area contributed by atoms with Crippen LogP contribution < -0.4 is 14.4 Å². The number of hydrogen-bond donors (Lipinski definition) is 1. The first-order chi connectivity index (χ1) is 13.8. The molecule has 0 saturated carbocycles. The smallest absolute Gasteiger partial charge is 0.263 e. The van der Waals surface area contributed by atoms with Crippen molar-refractivity contribution >= 4 is 21.6 Å². The first-order valence-corrected chi connectivity index (χ1v) is 11.5. The van der Waals surface area contributed by atoms with Crippen LogP contribution in [-0.2, 0) is 14.8 Å². The Morgan fingerprint density at radius 2 is 1.90 bits per heavy atom. The second-order valence-corrected chi connectivity index (χ2v) is 9.50. The number of sulfonamides is 1. The summed E-state index contributed by atoms with van der Waals surface area (Å²) in [5.74, 6) is 0.0339. The molecule has 0 bridgehead atoms. The molecule has 0 aliphatic carbocycles. The maximum absolute atomic E-state index is 13.0. The van der Waals surface area contributed by atoms with Gasteiger partial charge < -0.3 is 10.1 Å². The van der Waals surface area contributed by atoms with Gasteiger partial charge in [-0.25, -0.2) is 8.42 Å². The Bertz CT molecular complexity index is 1000. The van der Waals surface area contributed by atoms with E-state index in [4.69, 9.17) is 4.74 Å². The number of ether oxygens (including phenoxy) is 1. The molecule has 2 atom stereocenters. The molecular formula is C22H28N2O4S. The highest BCUT2D eigenvalue weighted by Crippen LogP contribution is 2.35. The molecule has 1 amide bonds. The first-order valence-electron chi connectivity index (χ1n) is 9.90. The third-order valence-corrected chi connectivity index (χ3v) is 7.13. The summed E-state index contributed by atoms with van der Waals surface area (Å²) in [5, 5.41) is 3.03. The first kappa shape index (κ1) is 21.2. The van der Waals surface area contributed by atoms with Crippen molar-refractivity contribution in [3.8, 4) is 5.75 Å². The van der Waals surface area contributed by atoms with E-state index >= 15 is 0 Å². The Morgan fingerprint density at radius 3 is 2.55 bits per heavy atom. The minimum absolute atomic E-state index is 0.0393. The number of para-hydroxylation sites is 2. The largest absolute Gasteiger partial charge is 0.476 e. The molecule has 3 rings (SSSR count). The monoisotopic (exact) mass is 416 g/mol. The number of nitrogens with one attached hydrogen (secondary N) is 1. The predicted molar refractivity (Wildman–Crippen MR) is 115 cm³/mol. The van der Waals surface area contributed by atoms with Gasteiger partial charge in [0.15, 0.2) is 6.10 Å². The van der Waals surface area contributed by atoms with Gasteiger partial charge in [0.25, 0.3) is 5.91 Å². The van der Waals surface area contributed by atoms with Crippen LogP contribution in [0.3, 0.4) is 0 Å². The van der Waals surface area contributed by atoms with Crippen LogP contribution in [0, 0.1) is 13.8 Å². The lowest BCUT2D eigenvalue weighted by Crippen LogP contribution is -2.51. The molecule has 0 fully saturated rings. The summed E-state index contributed by atoms with van der Waals surface area (Å²) in [6.07, 6.45) is -0.194. The molecule has 0 unspecified atom stereocenters. The van der Waals surface area contributed by atoms with Crippen molar-refractivity contribution in [2.45, 2.75) is 46.3 Å². The Balaban J connectivity index is 1.84. The normalized spacial score (nSPS) is 17.2. The summed E-state index contributed by atoms with van der Waals surface area (Å²) in [5.41, 5.74) is 3.86. The third kappa shape index (κ3) is 4.40. The van der Waals surface area contributed by atoms with E-state index in [9.17, 15) is 13.2 Å². The van der Waals surface area contributed by atoms with Gasteiger partial charge in [-0.2, -0.15) is 0 Å². The zero-order valence-electron chi connectivity index (χ0n) is 17.3. The van der Waals surface area contributed by atoms with Crippen molar-refractivity contribution in [1.82, 2.24) is 5.32 Å². The average Bonchev–Trinajstić information content (AvgIpc) is 2.73. The fraction of sp³-hybridized carbons (Fsp3) is 0.409. The van der Waals surface area contributed by atoms with Gasteiger partial charge in [-0.05, 0) is 56.0 Å². The second-order valence-electron chi connectivity index (χ2n) is 7.32. The van der Waals surface area contributed by atoms with Crippen molar-refractivity contribution in [2.75, 3.05) is 16.6 Å². The van der Waals surface area contributed by atoms with Crippen LogP contribution in [0.4, 0.5) is 5.69 Å². The molecule has 0 saturated heterocycles. The van der Waals surface area contributed by atoms with Gasteiger partial charge in [-0.1, -0.05) is 37.3 Å². The summed E-state index contributed by atoms with van der Waals surface area (Å²) in [6, 6.07) is 12.9. The molecule has 0 radical (unpaired) electrons. The number of nitrogens with zero attached hydrogens (tertiary/aromatic N) is 1. The summed E-state index contributed by atoms with van der Waals surface area (Å²) >= 11 is 0. The summed E-state index contributed by atoms with van der Waals surface area (Å²) < 4.78 is 32.3. The van der Waals surface area contributed by atoms with Gasteiger partial charge in [0.2, 0.25) is 10.0 Å². The molecule has 1 aliphatic rings. The van der Waals surface area contributed by atoms with Crippen LogP contribution in [0.15, 0.2) is 42.5 Å². The van der Waals surface area contributed by atoms with Crippen LogP contribution >= 0.6 is 0 Å². The Morgan fingerprint density at radius 1 is 1.17 bits per heavy atom. The molecule has 2 aromatic carbocycles. The number of amides is 1. The van der Waals surface area contributed by atoms with Crippen molar-refractivity contribution in [1.29, 1.82) is 0 Å². The summed E-state index contributed by atoms with van der Waals surface area (Å²) in [7, 11) is -3.52. The third-order valence-electron chi connectivity index (χ3n) is 5.39. The van der Waals surface area contributed by atoms with Gasteiger partial charge in [-0.15, -0.1) is 0 Å². The van der Waals surface area contributed by atoms with E-state index in [1.165, 1.54) is 15.4 Å². The minimum atomic E-state index is -3.52. The van der Waals surface area contributed by atoms with Crippen LogP contribution in [0.25, 0.3) is 0 Å². The van der Waals surface area contributed by atoms with Crippen molar-refractivity contribution < 1.29 is 17.9 Å². The molecule has 29 heavy (non-hydrogen) atoms. The molecular weight excluding hydrogens is 388 g/mol. The van der Waals surface area contributed by atoms with E-state index in [2.05, 4.69) is 18.3 Å². The van der Waals surface area contributed by atoms with Gasteiger partial charge in [0.05, 0.1) is 24.0 Å². The van der Waals surface area contributed by atoms with Crippen LogP contribution in [0.1, 0.15) is 43.0 Å². The van der Waals surface area contributed by atoms with E-state index in [1.807, 2.05) is 26.0 Å². The highest BCUT2D eigenvalue weighted by molar-refractivity contribution is 7.92. The average molecular weight is 417 g/mol. The zero-order valence-corrected chi connectivity index (χ0v) is 18.1. The molecule has 1 heterocycles. The van der Waals surface area contributed by atoms with Crippen molar-refractivity contribution in [3.05, 3.63) is 59.2 Å². The van der Waals surface area contributed by atoms with Crippen LogP contribution in [-0.4, -0.2) is 32.7 Å². The van der Waals surface area contributed by atoms with Gasteiger partial charge >= 0.3 is 0 Å². The van der Waals surface area contributed by atoms with Gasteiger partial charge in [0, 0.05) is 0 Å². The Labute approximate surface area is 172 Å². The summed E-state index contributed by atoms with van der Waals surface area (Å²) in [6.45, 7) is 7.65. The fourth-order valence-electron chi connectivity index (χ4n) is 3.43. The highest BCUT2D eigenvalue weighted by atomic mass is 32.2. The summed E-state index contributed by atoms with van der Waals surface area (Å²) in [4.78, 5) is 13.0. The Kier molecular flexibility index (Phi) is 6.17. The van der Waals surface area contributed by atoms with Crippen molar-refractivity contribution in [3.63, 3.8) is 0 Å². The molecule has 0 aromatic heterocycles. The molecule has 156 valence electrons. The second kappa shape index (κ2) is 8.45. The van der Waals surface area contributed by atoms with Crippen LogP contribution in [0.5, 0.6) is 5.75 Å². The molecule has 6 nitrogen and oxygen atoms in total. The number of carbonyl (C=O) groups is 1. The molecule has 1 N–H and O–H groups in total. The Hall–Kier alpha value is -2.54. The predicted octanol–water partition coefficient (Wildman–Crippen LogP) is 3.49. The van der Waals surface area contributed by atoms with Crippen molar-refractivity contribution in [2.24, 2.45) is 0 Å². The fourth-order valence-corrected chi connectivity index (χ4v) is 4.55. The van der Waals surface area contributed by atoms with E-state index < -0.39 is 16.1 Å². The minimum Gasteiger partial charge on any atom is -0.476 e. The topological polar surface area (TPSA) is 75.7 Å². The number of fused-ring (bicyclic) bond motifs is 1.